The largest absolute Gasteiger partial charge is 0.368 e. The molecule has 2 N–H and O–H groups in total. The van der Waals surface area contributed by atoms with E-state index in [4.69, 9.17) is 28.9 Å². The first-order valence-electron chi connectivity index (χ1n) is 6.06. The first-order chi connectivity index (χ1) is 9.90. The summed E-state index contributed by atoms with van der Waals surface area (Å²) in [6.07, 6.45) is 0. The summed E-state index contributed by atoms with van der Waals surface area (Å²) in [6, 6.07) is 8.10. The molecule has 2 rings (SSSR count). The molecule has 1 heterocycles. The van der Waals surface area contributed by atoms with Crippen molar-refractivity contribution in [3.05, 3.63) is 52.5 Å². The van der Waals surface area contributed by atoms with Gasteiger partial charge in [-0.1, -0.05) is 23.2 Å². The Morgan fingerprint density at radius 1 is 1.24 bits per heavy atom. The second-order valence-corrected chi connectivity index (χ2v) is 5.11. The lowest BCUT2D eigenvalue weighted by atomic mass is 10.2. The van der Waals surface area contributed by atoms with Crippen LogP contribution in [-0.2, 0) is 4.79 Å². The summed E-state index contributed by atoms with van der Waals surface area (Å²) in [5.41, 5.74) is 6.40. The lowest BCUT2D eigenvalue weighted by molar-refractivity contribution is -0.118. The van der Waals surface area contributed by atoms with Crippen molar-refractivity contribution < 1.29 is 9.18 Å². The molecule has 0 unspecified atom stereocenters. The van der Waals surface area contributed by atoms with E-state index < -0.39 is 11.9 Å². The van der Waals surface area contributed by atoms with Crippen LogP contribution >= 0.6 is 23.2 Å². The number of halogens is 3. The lowest BCUT2D eigenvalue weighted by Gasteiger charge is -2.29. The number of primary amides is 1. The third-order valence-electron chi connectivity index (χ3n) is 2.96. The van der Waals surface area contributed by atoms with Crippen LogP contribution in [0, 0.1) is 5.82 Å². The maximum atomic E-state index is 13.1. The number of carbonyl (C=O) groups excluding carboxylic acids is 1. The van der Waals surface area contributed by atoms with E-state index in [2.05, 4.69) is 4.98 Å². The Morgan fingerprint density at radius 3 is 2.38 bits per heavy atom. The van der Waals surface area contributed by atoms with Gasteiger partial charge < -0.3 is 10.6 Å². The molecule has 7 heteroatoms. The number of aromatic nitrogens is 1. The molecule has 1 aromatic carbocycles. The zero-order valence-electron chi connectivity index (χ0n) is 11.1. The van der Waals surface area contributed by atoms with Crippen molar-refractivity contribution in [2.24, 2.45) is 5.73 Å². The SMILES string of the molecule is C[C@@H](C(N)=O)N(c1ccc(F)cc1)c1ccc(Cl)nc1Cl. The minimum absolute atomic E-state index is 0.125. The Labute approximate surface area is 131 Å². The van der Waals surface area contributed by atoms with E-state index in [0.717, 1.165) is 0 Å². The molecule has 0 aliphatic rings. The van der Waals surface area contributed by atoms with E-state index in [9.17, 15) is 9.18 Å². The molecule has 1 aromatic heterocycles. The van der Waals surface area contributed by atoms with Gasteiger partial charge in [-0.15, -0.1) is 0 Å². The van der Waals surface area contributed by atoms with E-state index in [-0.39, 0.29) is 16.1 Å². The summed E-state index contributed by atoms with van der Waals surface area (Å²) in [5, 5.41) is 0.356. The number of nitrogens with two attached hydrogens (primary N) is 1. The topological polar surface area (TPSA) is 59.2 Å². The quantitative estimate of drug-likeness (QED) is 0.874. The Balaban J connectivity index is 2.55. The van der Waals surface area contributed by atoms with Crippen molar-refractivity contribution >= 4 is 40.5 Å². The van der Waals surface area contributed by atoms with E-state index in [0.29, 0.717) is 11.4 Å². The molecule has 1 atom stereocenters. The number of hydrogen-bond acceptors (Lipinski definition) is 3. The van der Waals surface area contributed by atoms with Gasteiger partial charge in [-0.2, -0.15) is 0 Å². The second-order valence-electron chi connectivity index (χ2n) is 4.37. The third-order valence-corrected chi connectivity index (χ3v) is 3.45. The van der Waals surface area contributed by atoms with Crippen LogP contribution in [-0.4, -0.2) is 16.9 Å². The molecule has 0 saturated carbocycles. The fourth-order valence-corrected chi connectivity index (χ4v) is 2.32. The Hall–Kier alpha value is -1.85. The van der Waals surface area contributed by atoms with Gasteiger partial charge in [0.15, 0.2) is 5.15 Å². The molecule has 4 nitrogen and oxygen atoms in total. The van der Waals surface area contributed by atoms with Gasteiger partial charge in [-0.3, -0.25) is 4.79 Å². The fraction of sp³-hybridized carbons (Fsp3) is 0.143. The summed E-state index contributed by atoms with van der Waals surface area (Å²) in [7, 11) is 0. The van der Waals surface area contributed by atoms with E-state index in [1.165, 1.54) is 24.3 Å². The van der Waals surface area contributed by atoms with E-state index in [1.807, 2.05) is 0 Å². The molecule has 0 radical (unpaired) electrons. The number of anilines is 2. The third kappa shape index (κ3) is 3.43. The number of nitrogens with zero attached hydrogens (tertiary/aromatic N) is 2. The first-order valence-corrected chi connectivity index (χ1v) is 6.82. The van der Waals surface area contributed by atoms with Crippen LogP contribution in [0.25, 0.3) is 0 Å². The van der Waals surface area contributed by atoms with Gasteiger partial charge in [0.25, 0.3) is 0 Å². The second kappa shape index (κ2) is 6.28. The fourth-order valence-electron chi connectivity index (χ4n) is 1.88. The van der Waals surface area contributed by atoms with Gasteiger partial charge in [-0.05, 0) is 43.3 Å². The van der Waals surface area contributed by atoms with E-state index in [1.54, 1.807) is 24.0 Å². The summed E-state index contributed by atoms with van der Waals surface area (Å²) >= 11 is 11.9. The van der Waals surface area contributed by atoms with Crippen LogP contribution in [0.2, 0.25) is 10.3 Å². The van der Waals surface area contributed by atoms with E-state index >= 15 is 0 Å². The lowest BCUT2D eigenvalue weighted by Crippen LogP contribution is -2.40. The van der Waals surface area contributed by atoms with Crippen LogP contribution in [0.15, 0.2) is 36.4 Å². The maximum absolute atomic E-state index is 13.1. The number of carbonyl (C=O) groups is 1. The molecule has 1 amide bonds. The molecule has 21 heavy (non-hydrogen) atoms. The van der Waals surface area contributed by atoms with Gasteiger partial charge in [-0.25, -0.2) is 9.37 Å². The summed E-state index contributed by atoms with van der Waals surface area (Å²) in [6.45, 7) is 1.62. The number of pyridine rings is 1. The monoisotopic (exact) mass is 327 g/mol. The molecule has 2 aromatic rings. The number of hydrogen-bond donors (Lipinski definition) is 1. The molecule has 0 bridgehead atoms. The molecule has 0 saturated heterocycles. The van der Waals surface area contributed by atoms with Crippen molar-refractivity contribution in [1.29, 1.82) is 0 Å². The average Bonchev–Trinajstić information content (AvgIpc) is 2.43. The zero-order valence-corrected chi connectivity index (χ0v) is 12.6. The van der Waals surface area contributed by atoms with Crippen molar-refractivity contribution in [2.45, 2.75) is 13.0 Å². The predicted molar refractivity (Wildman–Crippen MR) is 81.5 cm³/mol. The highest BCUT2D eigenvalue weighted by Crippen LogP contribution is 2.33. The van der Waals surface area contributed by atoms with Crippen LogP contribution in [0.4, 0.5) is 15.8 Å². The standard InChI is InChI=1S/C14H12Cl2FN3O/c1-8(14(18)21)20(10-4-2-9(17)3-5-10)11-6-7-12(15)19-13(11)16/h2-8H,1H3,(H2,18,21)/t8-/m0/s1. The number of amides is 1. The normalized spacial score (nSPS) is 12.0. The molecule has 0 aliphatic heterocycles. The highest BCUT2D eigenvalue weighted by molar-refractivity contribution is 6.34. The van der Waals surface area contributed by atoms with Crippen LogP contribution in [0.3, 0.4) is 0 Å². The molecular weight excluding hydrogens is 316 g/mol. The number of benzene rings is 1. The minimum Gasteiger partial charge on any atom is -0.368 e. The van der Waals surface area contributed by atoms with Crippen molar-refractivity contribution in [3.63, 3.8) is 0 Å². The zero-order chi connectivity index (χ0) is 15.6. The highest BCUT2D eigenvalue weighted by Gasteiger charge is 2.24. The summed E-state index contributed by atoms with van der Waals surface area (Å²) in [5.74, 6) is -0.934. The van der Waals surface area contributed by atoms with Crippen LogP contribution in [0.5, 0.6) is 0 Å². The first kappa shape index (κ1) is 15.5. The van der Waals surface area contributed by atoms with Gasteiger partial charge in [0, 0.05) is 5.69 Å². The van der Waals surface area contributed by atoms with Crippen LogP contribution < -0.4 is 10.6 Å². The number of rotatable bonds is 4. The molecule has 0 spiro atoms. The van der Waals surface area contributed by atoms with Crippen molar-refractivity contribution in [2.75, 3.05) is 4.90 Å². The Morgan fingerprint density at radius 2 is 1.86 bits per heavy atom. The smallest absolute Gasteiger partial charge is 0.240 e. The minimum atomic E-state index is -0.698. The predicted octanol–water partition coefficient (Wildman–Crippen LogP) is 3.54. The Bertz CT molecular complexity index is 664. The molecule has 0 fully saturated rings. The van der Waals surface area contributed by atoms with Crippen LogP contribution in [0.1, 0.15) is 6.92 Å². The molecule has 110 valence electrons. The van der Waals surface area contributed by atoms with Gasteiger partial charge in [0.1, 0.15) is 17.0 Å². The summed E-state index contributed by atoms with van der Waals surface area (Å²) in [4.78, 5) is 17.1. The van der Waals surface area contributed by atoms with Gasteiger partial charge >= 0.3 is 0 Å². The van der Waals surface area contributed by atoms with Crippen molar-refractivity contribution in [3.8, 4) is 0 Å². The maximum Gasteiger partial charge on any atom is 0.240 e. The van der Waals surface area contributed by atoms with Gasteiger partial charge in [0.05, 0.1) is 5.69 Å². The molecule has 0 aliphatic carbocycles. The van der Waals surface area contributed by atoms with Crippen molar-refractivity contribution in [1.82, 2.24) is 4.98 Å². The average molecular weight is 328 g/mol. The summed E-state index contributed by atoms with van der Waals surface area (Å²) < 4.78 is 13.1. The highest BCUT2D eigenvalue weighted by atomic mass is 35.5. The molecular formula is C14H12Cl2FN3O. The van der Waals surface area contributed by atoms with Gasteiger partial charge in [0.2, 0.25) is 5.91 Å². The Kier molecular flexibility index (Phi) is 4.65.